The van der Waals surface area contributed by atoms with Gasteiger partial charge < -0.3 is 15.5 Å². The van der Waals surface area contributed by atoms with Gasteiger partial charge >= 0.3 is 6.18 Å². The number of hydrogen-bond acceptors (Lipinski definition) is 4. The summed E-state index contributed by atoms with van der Waals surface area (Å²) in [4.78, 5) is 10.7. The van der Waals surface area contributed by atoms with Crippen LogP contribution in [0.25, 0.3) is 0 Å². The summed E-state index contributed by atoms with van der Waals surface area (Å²) < 4.78 is 40.3. The van der Waals surface area contributed by atoms with Gasteiger partial charge in [0.2, 0.25) is 0 Å². The predicted octanol–water partition coefficient (Wildman–Crippen LogP) is 2.79. The van der Waals surface area contributed by atoms with E-state index in [0.717, 1.165) is 31.7 Å². The topological polar surface area (TPSA) is 70.4 Å². The molecular formula is C18H25F3IN7. The number of nitrogens with one attached hydrogen (secondary N) is 2. The molecule has 0 radical (unpaired) electrons. The summed E-state index contributed by atoms with van der Waals surface area (Å²) in [6.45, 7) is 1.70. The van der Waals surface area contributed by atoms with Crippen LogP contribution in [-0.2, 0) is 19.8 Å². The summed E-state index contributed by atoms with van der Waals surface area (Å²) in [6, 6.07) is 6.04. The number of aromatic nitrogens is 3. The van der Waals surface area contributed by atoms with Crippen LogP contribution >= 0.6 is 24.0 Å². The highest BCUT2D eigenvalue weighted by Crippen LogP contribution is 2.30. The Morgan fingerprint density at radius 3 is 2.59 bits per heavy atom. The van der Waals surface area contributed by atoms with E-state index in [-0.39, 0.29) is 42.1 Å². The molecule has 7 nitrogen and oxygen atoms in total. The van der Waals surface area contributed by atoms with E-state index in [1.165, 1.54) is 17.9 Å². The zero-order chi connectivity index (χ0) is 20.1. The second-order valence-corrected chi connectivity index (χ2v) is 6.69. The quantitative estimate of drug-likeness (QED) is 0.367. The van der Waals surface area contributed by atoms with Crippen LogP contribution in [0.5, 0.6) is 0 Å². The molecule has 0 bridgehead atoms. The minimum atomic E-state index is -4.48. The number of pyridine rings is 1. The Hall–Kier alpha value is -2.05. The third-order valence-electron chi connectivity index (χ3n) is 4.65. The molecule has 0 saturated carbocycles. The number of nitrogens with zero attached hydrogens (tertiary/aromatic N) is 5. The Kier molecular flexibility index (Phi) is 8.11. The van der Waals surface area contributed by atoms with Crippen LogP contribution in [0.1, 0.15) is 24.1 Å². The summed E-state index contributed by atoms with van der Waals surface area (Å²) in [7, 11) is 3.08. The summed E-state index contributed by atoms with van der Waals surface area (Å²) in [5.41, 5.74) is -0.787. The lowest BCUT2D eigenvalue weighted by molar-refractivity contribution is -0.142. The van der Waals surface area contributed by atoms with Gasteiger partial charge in [0.1, 0.15) is 5.82 Å². The molecule has 0 aliphatic carbocycles. The second kappa shape index (κ2) is 10.1. The Labute approximate surface area is 184 Å². The highest BCUT2D eigenvalue weighted by molar-refractivity contribution is 14.0. The van der Waals surface area contributed by atoms with Crippen molar-refractivity contribution < 1.29 is 13.2 Å². The maximum Gasteiger partial charge on any atom is 0.435 e. The van der Waals surface area contributed by atoms with Crippen LogP contribution in [0.3, 0.4) is 0 Å². The lowest BCUT2D eigenvalue weighted by atomic mass is 10.1. The normalized spacial score (nSPS) is 15.8. The SMILES string of the molecule is CN=C(NCc1cn(C)nc1C(F)(F)F)NC1CCN(c2ccccn2)CC1.I. The molecule has 0 aromatic carbocycles. The van der Waals surface area contributed by atoms with Gasteiger partial charge in [0, 0.05) is 57.7 Å². The van der Waals surface area contributed by atoms with Crippen molar-refractivity contribution in [2.75, 3.05) is 25.0 Å². The Bertz CT molecular complexity index is 800. The molecule has 1 aliphatic heterocycles. The first-order chi connectivity index (χ1) is 13.4. The van der Waals surface area contributed by atoms with Crippen LogP contribution in [0.4, 0.5) is 19.0 Å². The fourth-order valence-electron chi connectivity index (χ4n) is 3.27. The molecule has 2 aromatic heterocycles. The molecule has 0 spiro atoms. The zero-order valence-corrected chi connectivity index (χ0v) is 18.6. The molecule has 1 fully saturated rings. The molecule has 3 heterocycles. The van der Waals surface area contributed by atoms with Crippen molar-refractivity contribution in [1.82, 2.24) is 25.4 Å². The number of anilines is 1. The van der Waals surface area contributed by atoms with Crippen molar-refractivity contribution >= 4 is 35.8 Å². The fourth-order valence-corrected chi connectivity index (χ4v) is 3.27. The van der Waals surface area contributed by atoms with Gasteiger partial charge in [-0.05, 0) is 25.0 Å². The average Bonchev–Trinajstić information content (AvgIpc) is 3.07. The molecule has 11 heteroatoms. The van der Waals surface area contributed by atoms with Gasteiger partial charge in [0.25, 0.3) is 0 Å². The smallest absolute Gasteiger partial charge is 0.356 e. The number of hydrogen-bond donors (Lipinski definition) is 2. The van der Waals surface area contributed by atoms with Crippen molar-refractivity contribution in [3.8, 4) is 0 Å². The standard InChI is InChI=1S/C18H24F3N7.HI/c1-22-17(24-11-13-12-27(2)26-16(13)18(19,20)21)25-14-6-9-28(10-7-14)15-5-3-4-8-23-15;/h3-5,8,12,14H,6-7,9-11H2,1-2H3,(H2,22,24,25);1H. The molecule has 1 aliphatic rings. The molecule has 160 valence electrons. The monoisotopic (exact) mass is 523 g/mol. The summed E-state index contributed by atoms with van der Waals surface area (Å²) >= 11 is 0. The summed E-state index contributed by atoms with van der Waals surface area (Å²) in [5, 5.41) is 9.78. The van der Waals surface area contributed by atoms with Crippen LogP contribution in [-0.4, -0.2) is 46.9 Å². The lowest BCUT2D eigenvalue weighted by Crippen LogP contribution is -2.48. The predicted molar refractivity (Wildman–Crippen MR) is 116 cm³/mol. The molecule has 0 amide bonds. The van der Waals surface area contributed by atoms with Crippen molar-refractivity contribution in [3.05, 3.63) is 41.9 Å². The largest absolute Gasteiger partial charge is 0.435 e. The number of guanidine groups is 1. The van der Waals surface area contributed by atoms with Gasteiger partial charge in [0.05, 0.1) is 0 Å². The third-order valence-corrected chi connectivity index (χ3v) is 4.65. The van der Waals surface area contributed by atoms with E-state index in [1.54, 1.807) is 13.2 Å². The minimum absolute atomic E-state index is 0. The van der Waals surface area contributed by atoms with Crippen molar-refractivity contribution in [3.63, 3.8) is 0 Å². The van der Waals surface area contributed by atoms with E-state index in [4.69, 9.17) is 0 Å². The van der Waals surface area contributed by atoms with Crippen LogP contribution < -0.4 is 15.5 Å². The first-order valence-corrected chi connectivity index (χ1v) is 9.09. The van der Waals surface area contributed by atoms with Gasteiger partial charge in [-0.1, -0.05) is 6.07 Å². The van der Waals surface area contributed by atoms with E-state index in [1.807, 2.05) is 18.2 Å². The molecule has 2 N–H and O–H groups in total. The molecule has 1 saturated heterocycles. The zero-order valence-electron chi connectivity index (χ0n) is 16.3. The Morgan fingerprint density at radius 2 is 2.00 bits per heavy atom. The van der Waals surface area contributed by atoms with E-state index in [9.17, 15) is 13.2 Å². The number of piperidine rings is 1. The number of alkyl halides is 3. The van der Waals surface area contributed by atoms with E-state index in [0.29, 0.717) is 5.96 Å². The first-order valence-electron chi connectivity index (χ1n) is 9.09. The third kappa shape index (κ3) is 6.21. The van der Waals surface area contributed by atoms with E-state index >= 15 is 0 Å². The maximum absolute atomic E-state index is 13.1. The summed E-state index contributed by atoms with van der Waals surface area (Å²) in [6.07, 6.45) is 0.441. The molecule has 29 heavy (non-hydrogen) atoms. The summed E-state index contributed by atoms with van der Waals surface area (Å²) in [5.74, 6) is 1.44. The van der Waals surface area contributed by atoms with E-state index in [2.05, 4.69) is 30.6 Å². The van der Waals surface area contributed by atoms with Gasteiger partial charge in [-0.3, -0.25) is 9.67 Å². The Morgan fingerprint density at radius 1 is 1.28 bits per heavy atom. The number of halogens is 4. The minimum Gasteiger partial charge on any atom is -0.356 e. The highest BCUT2D eigenvalue weighted by Gasteiger charge is 2.36. The lowest BCUT2D eigenvalue weighted by Gasteiger charge is -2.33. The van der Waals surface area contributed by atoms with Gasteiger partial charge in [0.15, 0.2) is 11.7 Å². The van der Waals surface area contributed by atoms with Gasteiger partial charge in [-0.2, -0.15) is 18.3 Å². The molecule has 0 atom stereocenters. The second-order valence-electron chi connectivity index (χ2n) is 6.69. The van der Waals surface area contributed by atoms with E-state index < -0.39 is 11.9 Å². The highest BCUT2D eigenvalue weighted by atomic mass is 127. The van der Waals surface area contributed by atoms with Crippen molar-refractivity contribution in [1.29, 1.82) is 0 Å². The van der Waals surface area contributed by atoms with Crippen LogP contribution in [0, 0.1) is 0 Å². The molecular weight excluding hydrogens is 498 g/mol. The maximum atomic E-state index is 13.1. The average molecular weight is 523 g/mol. The van der Waals surface area contributed by atoms with Gasteiger partial charge in [-0.15, -0.1) is 24.0 Å². The van der Waals surface area contributed by atoms with Crippen molar-refractivity contribution in [2.24, 2.45) is 12.0 Å². The van der Waals surface area contributed by atoms with Gasteiger partial charge in [-0.25, -0.2) is 4.98 Å². The van der Waals surface area contributed by atoms with Crippen LogP contribution in [0.15, 0.2) is 35.6 Å². The molecule has 3 rings (SSSR count). The first kappa shape index (κ1) is 23.2. The number of rotatable bonds is 4. The number of aryl methyl sites for hydroxylation is 1. The molecule has 0 unspecified atom stereocenters. The Balaban J connectivity index is 0.00000300. The fraction of sp³-hybridized carbons (Fsp3) is 0.500. The van der Waals surface area contributed by atoms with Crippen LogP contribution in [0.2, 0.25) is 0 Å². The van der Waals surface area contributed by atoms with Crippen molar-refractivity contribution in [2.45, 2.75) is 31.6 Å². The molecule has 2 aromatic rings. The number of aliphatic imine (C=N–C) groups is 1.